The highest BCUT2D eigenvalue weighted by Crippen LogP contribution is 2.20. The molecule has 1 aromatic rings. The van der Waals surface area contributed by atoms with Gasteiger partial charge in [0.2, 0.25) is 10.0 Å². The lowest BCUT2D eigenvalue weighted by Crippen LogP contribution is -2.30. The molecule has 1 unspecified atom stereocenters. The summed E-state index contributed by atoms with van der Waals surface area (Å²) in [4.78, 5) is 14.1. The number of nitrogens with one attached hydrogen (secondary N) is 1. The molecule has 2 heterocycles. The minimum Gasteiger partial charge on any atom is -0.396 e. The highest BCUT2D eigenvalue weighted by Gasteiger charge is 2.29. The van der Waals surface area contributed by atoms with Gasteiger partial charge in [0.1, 0.15) is 10.6 Å². The molecular formula is C12H19N3O4S. The Morgan fingerprint density at radius 2 is 2.25 bits per heavy atom. The van der Waals surface area contributed by atoms with Gasteiger partial charge in [-0.3, -0.25) is 4.79 Å². The van der Waals surface area contributed by atoms with E-state index in [1.54, 1.807) is 11.9 Å². The van der Waals surface area contributed by atoms with E-state index in [4.69, 9.17) is 5.11 Å². The number of sulfonamides is 1. The van der Waals surface area contributed by atoms with Crippen molar-refractivity contribution in [3.8, 4) is 0 Å². The maximum absolute atomic E-state index is 12.4. The van der Waals surface area contributed by atoms with Crippen molar-refractivity contribution in [2.45, 2.75) is 11.3 Å². The Morgan fingerprint density at radius 3 is 2.80 bits per heavy atom. The predicted octanol–water partition coefficient (Wildman–Crippen LogP) is -0.612. The largest absolute Gasteiger partial charge is 0.396 e. The van der Waals surface area contributed by atoms with E-state index in [2.05, 4.69) is 4.72 Å². The van der Waals surface area contributed by atoms with Crippen molar-refractivity contribution in [1.82, 2.24) is 14.2 Å². The number of hydrogen-bond acceptors (Lipinski definition) is 4. The van der Waals surface area contributed by atoms with Gasteiger partial charge in [0.05, 0.1) is 0 Å². The van der Waals surface area contributed by atoms with E-state index in [-0.39, 0.29) is 23.3 Å². The molecule has 1 aliphatic heterocycles. The van der Waals surface area contributed by atoms with Gasteiger partial charge in [-0.1, -0.05) is 0 Å². The highest BCUT2D eigenvalue weighted by molar-refractivity contribution is 7.89. The maximum atomic E-state index is 12.4. The average molecular weight is 301 g/mol. The van der Waals surface area contributed by atoms with Crippen LogP contribution in [0.15, 0.2) is 17.2 Å². The molecule has 1 atom stereocenters. The molecule has 0 spiro atoms. The van der Waals surface area contributed by atoms with Gasteiger partial charge in [0.25, 0.3) is 5.91 Å². The van der Waals surface area contributed by atoms with Crippen LogP contribution in [0.2, 0.25) is 0 Å². The van der Waals surface area contributed by atoms with E-state index < -0.39 is 10.0 Å². The first-order chi connectivity index (χ1) is 9.39. The molecule has 8 heteroatoms. The van der Waals surface area contributed by atoms with Gasteiger partial charge in [-0.15, -0.1) is 0 Å². The summed E-state index contributed by atoms with van der Waals surface area (Å²) in [5, 5.41) is 9.10. The number of amides is 1. The standard InChI is InChI=1S/C12H19N3O4S/c1-13-20(18,19)10-5-11(14(2)7-10)12(17)15-4-3-9(6-15)8-16/h5,7,9,13,16H,3-4,6,8H2,1-2H3. The second kappa shape index (κ2) is 5.55. The van der Waals surface area contributed by atoms with Crippen molar-refractivity contribution in [3.05, 3.63) is 18.0 Å². The van der Waals surface area contributed by atoms with E-state index >= 15 is 0 Å². The first-order valence-electron chi connectivity index (χ1n) is 6.39. The number of rotatable bonds is 4. The van der Waals surface area contributed by atoms with Gasteiger partial charge >= 0.3 is 0 Å². The number of aliphatic hydroxyl groups excluding tert-OH is 1. The summed E-state index contributed by atoms with van der Waals surface area (Å²) >= 11 is 0. The van der Waals surface area contributed by atoms with Crippen LogP contribution >= 0.6 is 0 Å². The van der Waals surface area contributed by atoms with E-state index in [0.717, 1.165) is 6.42 Å². The molecule has 20 heavy (non-hydrogen) atoms. The molecule has 0 saturated carbocycles. The summed E-state index contributed by atoms with van der Waals surface area (Å²) < 4.78 is 27.2. The van der Waals surface area contributed by atoms with Crippen LogP contribution in [0.3, 0.4) is 0 Å². The molecule has 0 aliphatic carbocycles. The number of aryl methyl sites for hydroxylation is 1. The predicted molar refractivity (Wildman–Crippen MR) is 72.8 cm³/mol. The minimum atomic E-state index is -3.55. The Labute approximate surface area is 118 Å². The highest BCUT2D eigenvalue weighted by atomic mass is 32.2. The van der Waals surface area contributed by atoms with Crippen LogP contribution in [0.4, 0.5) is 0 Å². The lowest BCUT2D eigenvalue weighted by molar-refractivity contribution is 0.0772. The molecule has 1 fully saturated rings. The molecule has 0 radical (unpaired) electrons. The van der Waals surface area contributed by atoms with E-state index in [1.165, 1.54) is 23.9 Å². The van der Waals surface area contributed by atoms with Crippen LogP contribution in [0.1, 0.15) is 16.9 Å². The summed E-state index contributed by atoms with van der Waals surface area (Å²) in [6.45, 7) is 1.16. The van der Waals surface area contributed by atoms with Crippen molar-refractivity contribution in [2.75, 3.05) is 26.7 Å². The van der Waals surface area contributed by atoms with Crippen molar-refractivity contribution in [1.29, 1.82) is 0 Å². The fourth-order valence-electron chi connectivity index (χ4n) is 2.34. The summed E-state index contributed by atoms with van der Waals surface area (Å²) in [5.41, 5.74) is 0.331. The lowest BCUT2D eigenvalue weighted by Gasteiger charge is -2.16. The SMILES string of the molecule is CNS(=O)(=O)c1cc(C(=O)N2CCC(CO)C2)n(C)c1. The summed E-state index contributed by atoms with van der Waals surface area (Å²) in [5.74, 6) is -0.0965. The molecule has 7 nitrogen and oxygen atoms in total. The molecule has 0 bridgehead atoms. The minimum absolute atomic E-state index is 0.0658. The van der Waals surface area contributed by atoms with Crippen LogP contribution in [0.5, 0.6) is 0 Å². The topological polar surface area (TPSA) is 91.6 Å². The third kappa shape index (κ3) is 2.72. The number of carbonyl (C=O) groups excluding carboxylic acids is 1. The van der Waals surface area contributed by atoms with Crippen molar-refractivity contribution < 1.29 is 18.3 Å². The first-order valence-corrected chi connectivity index (χ1v) is 7.87. The third-order valence-electron chi connectivity index (χ3n) is 3.61. The Balaban J connectivity index is 2.24. The van der Waals surface area contributed by atoms with Crippen LogP contribution < -0.4 is 4.72 Å². The number of aliphatic hydroxyl groups is 1. The number of hydrogen-bond donors (Lipinski definition) is 2. The molecule has 1 amide bonds. The second-order valence-electron chi connectivity index (χ2n) is 4.97. The van der Waals surface area contributed by atoms with E-state index in [1.807, 2.05) is 0 Å². The summed E-state index contributed by atoms with van der Waals surface area (Å²) in [6.07, 6.45) is 2.19. The number of likely N-dealkylation sites (tertiary alicyclic amines) is 1. The Bertz CT molecular complexity index is 608. The summed E-state index contributed by atoms with van der Waals surface area (Å²) in [6, 6.07) is 1.38. The number of aromatic nitrogens is 1. The van der Waals surface area contributed by atoms with Crippen LogP contribution in [0, 0.1) is 5.92 Å². The smallest absolute Gasteiger partial charge is 0.270 e. The monoisotopic (exact) mass is 301 g/mol. The second-order valence-corrected chi connectivity index (χ2v) is 6.85. The number of carbonyl (C=O) groups is 1. The molecule has 2 N–H and O–H groups in total. The first kappa shape index (κ1) is 15.0. The average Bonchev–Trinajstić information content (AvgIpc) is 3.04. The van der Waals surface area contributed by atoms with E-state index in [9.17, 15) is 13.2 Å². The zero-order valence-corrected chi connectivity index (χ0v) is 12.4. The lowest BCUT2D eigenvalue weighted by atomic mass is 10.1. The van der Waals surface area contributed by atoms with Crippen LogP contribution in [0.25, 0.3) is 0 Å². The zero-order valence-electron chi connectivity index (χ0n) is 11.5. The van der Waals surface area contributed by atoms with Crippen LogP contribution in [-0.4, -0.2) is 55.6 Å². The van der Waals surface area contributed by atoms with Gasteiger partial charge < -0.3 is 14.6 Å². The Morgan fingerprint density at radius 1 is 1.55 bits per heavy atom. The quantitative estimate of drug-likeness (QED) is 0.776. The van der Waals surface area contributed by atoms with Crippen molar-refractivity contribution in [3.63, 3.8) is 0 Å². The zero-order chi connectivity index (χ0) is 14.9. The van der Waals surface area contributed by atoms with Gasteiger partial charge in [0, 0.05) is 38.9 Å². The summed E-state index contributed by atoms with van der Waals surface area (Å²) in [7, 11) is -0.584. The third-order valence-corrected chi connectivity index (χ3v) is 4.99. The molecule has 1 saturated heterocycles. The molecule has 112 valence electrons. The molecular weight excluding hydrogens is 282 g/mol. The van der Waals surface area contributed by atoms with Gasteiger partial charge in [-0.25, -0.2) is 13.1 Å². The fourth-order valence-corrected chi connectivity index (χ4v) is 3.14. The maximum Gasteiger partial charge on any atom is 0.270 e. The van der Waals surface area contributed by atoms with Gasteiger partial charge in [-0.05, 0) is 19.5 Å². The van der Waals surface area contributed by atoms with Gasteiger partial charge in [0.15, 0.2) is 0 Å². The Hall–Kier alpha value is -1.38. The fraction of sp³-hybridized carbons (Fsp3) is 0.583. The van der Waals surface area contributed by atoms with Gasteiger partial charge in [-0.2, -0.15) is 0 Å². The molecule has 1 aliphatic rings. The van der Waals surface area contributed by atoms with Crippen molar-refractivity contribution >= 4 is 15.9 Å². The Kier molecular flexibility index (Phi) is 4.17. The molecule has 1 aromatic heterocycles. The van der Waals surface area contributed by atoms with Crippen molar-refractivity contribution in [2.24, 2.45) is 13.0 Å². The van der Waals surface area contributed by atoms with Crippen LogP contribution in [-0.2, 0) is 17.1 Å². The number of nitrogens with zero attached hydrogens (tertiary/aromatic N) is 2. The molecule has 2 rings (SSSR count). The molecule has 0 aromatic carbocycles. The normalized spacial score (nSPS) is 19.6. The van der Waals surface area contributed by atoms with E-state index in [0.29, 0.717) is 18.8 Å².